The smallest absolute Gasteiger partial charge is 0.220 e. The van der Waals surface area contributed by atoms with Crippen molar-refractivity contribution in [3.05, 3.63) is 60.8 Å². The van der Waals surface area contributed by atoms with Crippen molar-refractivity contribution in [2.45, 2.75) is 391 Å². The SMILES string of the molecule is CC/C=C\C/C=C\C/C=C\C/C=C\CCCCCCCCCCCCCCCCC(=O)NC(COC1OC(CO)C(O)C(O)C1O)C(O)/C=C/CCCCCCCCCCCCCCCCCCCCCCCCCCCCCCCCC. The van der Waals surface area contributed by atoms with Crippen molar-refractivity contribution in [3.8, 4) is 0 Å². The van der Waals surface area contributed by atoms with Gasteiger partial charge in [0.25, 0.3) is 0 Å². The van der Waals surface area contributed by atoms with E-state index in [4.69, 9.17) is 9.47 Å². The van der Waals surface area contributed by atoms with Crippen LogP contribution in [0.25, 0.3) is 0 Å². The van der Waals surface area contributed by atoms with E-state index in [2.05, 4.69) is 67.8 Å². The summed E-state index contributed by atoms with van der Waals surface area (Å²) in [6.45, 7) is 3.71. The lowest BCUT2D eigenvalue weighted by Gasteiger charge is -2.40. The molecule has 0 aliphatic carbocycles. The Morgan fingerprint density at radius 1 is 0.422 bits per heavy atom. The van der Waals surface area contributed by atoms with E-state index in [0.717, 1.165) is 64.2 Å². The number of ether oxygens (including phenoxy) is 2. The standard InChI is InChI=1S/C74H137NO8/c1-3-5-7-9-11-13-15-17-19-21-23-25-27-29-31-32-33-34-35-36-38-39-41-43-45-47-49-51-53-55-57-59-61-63-68(77)67(66-82-74-73(81)72(80)71(79)69(65-76)83-74)75-70(78)64-62-60-58-56-54-52-50-48-46-44-42-40-37-30-28-26-24-22-20-18-16-14-12-10-8-6-4-2/h6,8,12,14,18,20,24,26,61,63,67-69,71-74,76-77,79-81H,3-5,7,9-11,13,15-17,19,21-23,25,27-60,62,64-66H2,1-2H3,(H,75,78)/b8-6-,14-12-,20-18-,26-24-,63-61+. The largest absolute Gasteiger partial charge is 0.394 e. The molecule has 7 atom stereocenters. The van der Waals surface area contributed by atoms with Crippen molar-refractivity contribution in [3.63, 3.8) is 0 Å². The van der Waals surface area contributed by atoms with Crippen LogP contribution in [0.4, 0.5) is 0 Å². The lowest BCUT2D eigenvalue weighted by Crippen LogP contribution is -2.60. The van der Waals surface area contributed by atoms with E-state index in [-0.39, 0.29) is 12.5 Å². The molecule has 0 aromatic rings. The van der Waals surface area contributed by atoms with Crippen molar-refractivity contribution in [2.24, 2.45) is 0 Å². The number of rotatable bonds is 63. The molecule has 1 amide bonds. The molecule has 0 bridgehead atoms. The minimum absolute atomic E-state index is 0.174. The summed E-state index contributed by atoms with van der Waals surface area (Å²) in [4.78, 5) is 13.1. The van der Waals surface area contributed by atoms with E-state index in [1.165, 1.54) is 263 Å². The summed E-state index contributed by atoms with van der Waals surface area (Å²) in [6, 6.07) is -0.809. The van der Waals surface area contributed by atoms with Crippen LogP contribution in [-0.2, 0) is 14.3 Å². The molecule has 0 saturated carbocycles. The second-order valence-corrected chi connectivity index (χ2v) is 25.0. The van der Waals surface area contributed by atoms with Crippen LogP contribution in [0.15, 0.2) is 60.8 Å². The van der Waals surface area contributed by atoms with Crippen molar-refractivity contribution in [2.75, 3.05) is 13.2 Å². The molecule has 1 saturated heterocycles. The summed E-state index contributed by atoms with van der Waals surface area (Å²) in [5.41, 5.74) is 0. The number of carbonyl (C=O) groups excluding carboxylic acids is 1. The van der Waals surface area contributed by atoms with Gasteiger partial charge in [0.2, 0.25) is 5.91 Å². The Hall–Kier alpha value is -2.11. The van der Waals surface area contributed by atoms with Crippen molar-refractivity contribution < 1.29 is 39.8 Å². The van der Waals surface area contributed by atoms with Gasteiger partial charge in [-0.05, 0) is 57.8 Å². The third kappa shape index (κ3) is 51.6. The first-order valence-electron chi connectivity index (χ1n) is 36.0. The molecule has 1 aliphatic heterocycles. The summed E-state index contributed by atoms with van der Waals surface area (Å²) >= 11 is 0. The Morgan fingerprint density at radius 3 is 1.11 bits per heavy atom. The number of allylic oxidation sites excluding steroid dienone is 9. The van der Waals surface area contributed by atoms with Gasteiger partial charge in [0.05, 0.1) is 25.4 Å². The fourth-order valence-corrected chi connectivity index (χ4v) is 11.5. The van der Waals surface area contributed by atoms with E-state index in [1.54, 1.807) is 6.08 Å². The fourth-order valence-electron chi connectivity index (χ4n) is 11.5. The normalized spacial score (nSPS) is 18.6. The van der Waals surface area contributed by atoms with E-state index >= 15 is 0 Å². The number of aliphatic hydroxyl groups excluding tert-OH is 5. The highest BCUT2D eigenvalue weighted by Gasteiger charge is 2.44. The zero-order chi connectivity index (χ0) is 60.0. The molecule has 0 aromatic carbocycles. The van der Waals surface area contributed by atoms with E-state index in [1.807, 2.05) is 6.08 Å². The molecular weight excluding hydrogens is 1030 g/mol. The second-order valence-electron chi connectivity index (χ2n) is 25.0. The molecule has 0 spiro atoms. The first kappa shape index (κ1) is 78.9. The molecule has 7 unspecified atom stereocenters. The quantitative estimate of drug-likeness (QED) is 0.0261. The number of amides is 1. The van der Waals surface area contributed by atoms with Crippen molar-refractivity contribution >= 4 is 5.91 Å². The maximum Gasteiger partial charge on any atom is 0.220 e. The van der Waals surface area contributed by atoms with Crippen molar-refractivity contribution in [1.29, 1.82) is 0 Å². The molecule has 486 valence electrons. The van der Waals surface area contributed by atoms with Crippen LogP contribution >= 0.6 is 0 Å². The zero-order valence-electron chi connectivity index (χ0n) is 54.5. The molecule has 9 nitrogen and oxygen atoms in total. The van der Waals surface area contributed by atoms with Gasteiger partial charge in [-0.2, -0.15) is 0 Å². The van der Waals surface area contributed by atoms with Gasteiger partial charge in [-0.15, -0.1) is 0 Å². The van der Waals surface area contributed by atoms with E-state index in [9.17, 15) is 30.3 Å². The predicted molar refractivity (Wildman–Crippen MR) is 355 cm³/mol. The summed E-state index contributed by atoms with van der Waals surface area (Å²) in [6.07, 6.45) is 80.5. The fraction of sp³-hybridized carbons (Fsp3) is 0.851. The summed E-state index contributed by atoms with van der Waals surface area (Å²) in [5, 5.41) is 54.8. The Morgan fingerprint density at radius 2 is 0.747 bits per heavy atom. The number of aliphatic hydroxyl groups is 5. The molecule has 1 heterocycles. The summed E-state index contributed by atoms with van der Waals surface area (Å²) in [5.74, 6) is -0.174. The predicted octanol–water partition coefficient (Wildman–Crippen LogP) is 19.8. The average molecular weight is 1170 g/mol. The van der Waals surface area contributed by atoms with Gasteiger partial charge in [0.15, 0.2) is 6.29 Å². The summed E-state index contributed by atoms with van der Waals surface area (Å²) in [7, 11) is 0. The van der Waals surface area contributed by atoms with Gasteiger partial charge in [-0.3, -0.25) is 4.79 Å². The molecule has 1 aliphatic rings. The van der Waals surface area contributed by atoms with Gasteiger partial charge in [0.1, 0.15) is 24.4 Å². The topological polar surface area (TPSA) is 149 Å². The van der Waals surface area contributed by atoms with E-state index in [0.29, 0.717) is 6.42 Å². The summed E-state index contributed by atoms with van der Waals surface area (Å²) < 4.78 is 11.3. The minimum atomic E-state index is -1.57. The van der Waals surface area contributed by atoms with Gasteiger partial charge in [-0.25, -0.2) is 0 Å². The van der Waals surface area contributed by atoms with Crippen LogP contribution in [0.2, 0.25) is 0 Å². The molecule has 9 heteroatoms. The van der Waals surface area contributed by atoms with Crippen LogP contribution in [0.3, 0.4) is 0 Å². The van der Waals surface area contributed by atoms with E-state index < -0.39 is 49.5 Å². The van der Waals surface area contributed by atoms with Crippen molar-refractivity contribution in [1.82, 2.24) is 5.32 Å². The average Bonchev–Trinajstić information content (AvgIpc) is 3.60. The van der Waals surface area contributed by atoms with Crippen LogP contribution in [-0.4, -0.2) is 87.5 Å². The number of carbonyl (C=O) groups is 1. The number of hydrogen-bond acceptors (Lipinski definition) is 8. The molecular formula is C74H137NO8. The second kappa shape index (κ2) is 62.9. The Kier molecular flexibility index (Phi) is 59.8. The number of unbranched alkanes of at least 4 members (excludes halogenated alkanes) is 45. The van der Waals surface area contributed by atoms with Gasteiger partial charge in [0, 0.05) is 6.42 Å². The minimum Gasteiger partial charge on any atom is -0.394 e. The Bertz CT molecular complexity index is 1500. The van der Waals surface area contributed by atoms with Gasteiger partial charge in [-0.1, -0.05) is 344 Å². The first-order chi connectivity index (χ1) is 40.8. The van der Waals surface area contributed by atoms with Gasteiger partial charge >= 0.3 is 0 Å². The maximum absolute atomic E-state index is 13.1. The Labute approximate surface area is 513 Å². The maximum atomic E-state index is 13.1. The highest BCUT2D eigenvalue weighted by atomic mass is 16.7. The van der Waals surface area contributed by atoms with Crippen LogP contribution in [0.5, 0.6) is 0 Å². The highest BCUT2D eigenvalue weighted by Crippen LogP contribution is 2.23. The molecule has 0 radical (unpaired) electrons. The lowest BCUT2D eigenvalue weighted by molar-refractivity contribution is -0.302. The van der Waals surface area contributed by atoms with Gasteiger partial charge < -0.3 is 40.3 Å². The number of nitrogens with one attached hydrogen (secondary N) is 1. The van der Waals surface area contributed by atoms with Crippen LogP contribution < -0.4 is 5.32 Å². The third-order valence-corrected chi connectivity index (χ3v) is 17.1. The molecule has 1 fully saturated rings. The lowest BCUT2D eigenvalue weighted by atomic mass is 9.99. The van der Waals surface area contributed by atoms with Crippen LogP contribution in [0.1, 0.15) is 348 Å². The monoisotopic (exact) mass is 1170 g/mol. The molecule has 1 rings (SSSR count). The Balaban J connectivity index is 2.11. The highest BCUT2D eigenvalue weighted by molar-refractivity contribution is 5.76. The third-order valence-electron chi connectivity index (χ3n) is 17.1. The zero-order valence-corrected chi connectivity index (χ0v) is 54.5. The molecule has 6 N–H and O–H groups in total. The molecule has 0 aromatic heterocycles. The first-order valence-corrected chi connectivity index (χ1v) is 36.0. The molecule has 83 heavy (non-hydrogen) atoms. The van der Waals surface area contributed by atoms with Crippen LogP contribution in [0, 0.1) is 0 Å². The number of hydrogen-bond donors (Lipinski definition) is 6.